The van der Waals surface area contributed by atoms with Crippen molar-refractivity contribution in [2.45, 2.75) is 38.3 Å². The molecule has 0 aliphatic heterocycles. The number of nitrogens with two attached hydrogens (primary N) is 1. The summed E-state index contributed by atoms with van der Waals surface area (Å²) in [6.45, 7) is 0.575. The van der Waals surface area contributed by atoms with Crippen molar-refractivity contribution >= 4 is 0 Å². The molecule has 0 radical (unpaired) electrons. The van der Waals surface area contributed by atoms with Crippen LogP contribution in [0.25, 0.3) is 0 Å². The topological polar surface area (TPSA) is 26.0 Å². The molecule has 68 valence electrons. The summed E-state index contributed by atoms with van der Waals surface area (Å²) in [6.07, 6.45) is -2.12. The minimum Gasteiger partial charge on any atom is -0.330 e. The predicted octanol–water partition coefficient (Wildman–Crippen LogP) is 2.46. The van der Waals surface area contributed by atoms with E-state index in [1.54, 1.807) is 0 Å². The lowest BCUT2D eigenvalue weighted by atomic mass is 10.1. The molecular weight excluding hydrogens is 155 g/mol. The van der Waals surface area contributed by atoms with Gasteiger partial charge in [0, 0.05) is 6.42 Å². The zero-order chi connectivity index (χ0) is 8.74. The molecule has 0 aromatic rings. The molecule has 0 bridgehead atoms. The molecule has 0 rings (SSSR count). The van der Waals surface area contributed by atoms with Crippen LogP contribution in [0, 0.1) is 0 Å². The van der Waals surface area contributed by atoms with Gasteiger partial charge < -0.3 is 5.73 Å². The Bertz CT molecular complexity index is 90.2. The predicted molar refractivity (Wildman–Crippen MR) is 38.2 cm³/mol. The zero-order valence-corrected chi connectivity index (χ0v) is 6.45. The first-order valence-corrected chi connectivity index (χ1v) is 3.83. The Hall–Kier alpha value is -0.250. The zero-order valence-electron chi connectivity index (χ0n) is 6.45. The summed E-state index contributed by atoms with van der Waals surface area (Å²) in [7, 11) is 0. The quantitative estimate of drug-likeness (QED) is 0.628. The number of unbranched alkanes of at least 4 members (excludes halogenated alkanes) is 3. The second-order valence-electron chi connectivity index (χ2n) is 2.57. The molecule has 0 aromatic carbocycles. The third-order valence-corrected chi connectivity index (χ3v) is 1.41. The van der Waals surface area contributed by atoms with Gasteiger partial charge in [-0.05, 0) is 19.4 Å². The van der Waals surface area contributed by atoms with E-state index in [1.807, 2.05) is 0 Å². The third-order valence-electron chi connectivity index (χ3n) is 1.41. The highest BCUT2D eigenvalue weighted by molar-refractivity contribution is 4.51. The highest BCUT2D eigenvalue weighted by Crippen LogP contribution is 2.22. The van der Waals surface area contributed by atoms with Gasteiger partial charge >= 0.3 is 6.18 Å². The smallest absolute Gasteiger partial charge is 0.330 e. The molecule has 0 fully saturated rings. The maximum atomic E-state index is 11.5. The average molecular weight is 169 g/mol. The largest absolute Gasteiger partial charge is 0.389 e. The van der Waals surface area contributed by atoms with E-state index in [4.69, 9.17) is 5.73 Å². The SMILES string of the molecule is NCCCCCCC(F)(F)F. The van der Waals surface area contributed by atoms with Crippen LogP contribution in [0.5, 0.6) is 0 Å². The van der Waals surface area contributed by atoms with Gasteiger partial charge in [0.05, 0.1) is 0 Å². The van der Waals surface area contributed by atoms with E-state index < -0.39 is 12.6 Å². The number of hydrogen-bond donors (Lipinski definition) is 1. The van der Waals surface area contributed by atoms with Crippen molar-refractivity contribution in [2.24, 2.45) is 5.73 Å². The summed E-state index contributed by atoms with van der Waals surface area (Å²) in [5, 5.41) is 0. The van der Waals surface area contributed by atoms with Gasteiger partial charge in [-0.3, -0.25) is 0 Å². The number of hydrogen-bond acceptors (Lipinski definition) is 1. The fraction of sp³-hybridized carbons (Fsp3) is 1.00. The normalized spacial score (nSPS) is 12.0. The Balaban J connectivity index is 3.02. The Morgan fingerprint density at radius 3 is 1.91 bits per heavy atom. The molecule has 0 saturated heterocycles. The lowest BCUT2D eigenvalue weighted by molar-refractivity contribution is -0.135. The van der Waals surface area contributed by atoms with Crippen molar-refractivity contribution in [2.75, 3.05) is 6.54 Å². The summed E-state index contributed by atoms with van der Waals surface area (Å²) in [6, 6.07) is 0. The highest BCUT2D eigenvalue weighted by atomic mass is 19.4. The monoisotopic (exact) mass is 169 g/mol. The average Bonchev–Trinajstić information content (AvgIpc) is 1.85. The van der Waals surface area contributed by atoms with Crippen molar-refractivity contribution < 1.29 is 13.2 Å². The molecule has 11 heavy (non-hydrogen) atoms. The number of halogens is 3. The van der Waals surface area contributed by atoms with E-state index in [0.29, 0.717) is 13.0 Å². The number of rotatable bonds is 5. The van der Waals surface area contributed by atoms with Crippen LogP contribution in [-0.4, -0.2) is 12.7 Å². The van der Waals surface area contributed by atoms with E-state index in [2.05, 4.69) is 0 Å². The van der Waals surface area contributed by atoms with E-state index >= 15 is 0 Å². The molecule has 1 nitrogen and oxygen atoms in total. The summed E-state index contributed by atoms with van der Waals surface area (Å²) < 4.78 is 34.6. The van der Waals surface area contributed by atoms with Crippen molar-refractivity contribution in [3.8, 4) is 0 Å². The van der Waals surface area contributed by atoms with Crippen molar-refractivity contribution in [3.63, 3.8) is 0 Å². The van der Waals surface area contributed by atoms with Gasteiger partial charge in [-0.25, -0.2) is 0 Å². The Morgan fingerprint density at radius 2 is 1.45 bits per heavy atom. The van der Waals surface area contributed by atoms with Gasteiger partial charge in [-0.15, -0.1) is 0 Å². The van der Waals surface area contributed by atoms with E-state index in [0.717, 1.165) is 12.8 Å². The highest BCUT2D eigenvalue weighted by Gasteiger charge is 2.25. The summed E-state index contributed by atoms with van der Waals surface area (Å²) >= 11 is 0. The van der Waals surface area contributed by atoms with Crippen LogP contribution in [-0.2, 0) is 0 Å². The lowest BCUT2D eigenvalue weighted by Gasteiger charge is -2.04. The molecule has 2 N–H and O–H groups in total. The third kappa shape index (κ3) is 9.75. The molecule has 0 spiro atoms. The minimum absolute atomic E-state index is 0.240. The van der Waals surface area contributed by atoms with E-state index in [-0.39, 0.29) is 6.42 Å². The molecule has 0 atom stereocenters. The van der Waals surface area contributed by atoms with Gasteiger partial charge in [0.2, 0.25) is 0 Å². The van der Waals surface area contributed by atoms with Gasteiger partial charge in [0.15, 0.2) is 0 Å². The Kier molecular flexibility index (Phi) is 5.28. The molecular formula is C7H14F3N. The van der Waals surface area contributed by atoms with Gasteiger partial charge in [0.1, 0.15) is 0 Å². The summed E-state index contributed by atoms with van der Waals surface area (Å²) in [5.41, 5.74) is 5.17. The van der Waals surface area contributed by atoms with Crippen LogP contribution < -0.4 is 5.73 Å². The first-order chi connectivity index (χ1) is 5.06. The van der Waals surface area contributed by atoms with Gasteiger partial charge in [-0.2, -0.15) is 13.2 Å². The van der Waals surface area contributed by atoms with E-state index in [1.165, 1.54) is 0 Å². The van der Waals surface area contributed by atoms with Crippen LogP contribution in [0.15, 0.2) is 0 Å². The number of alkyl halides is 3. The minimum atomic E-state index is -3.98. The van der Waals surface area contributed by atoms with E-state index in [9.17, 15) is 13.2 Å². The summed E-state index contributed by atoms with van der Waals surface area (Å²) in [5.74, 6) is 0. The second kappa shape index (κ2) is 5.41. The van der Waals surface area contributed by atoms with Crippen LogP contribution in [0.3, 0.4) is 0 Å². The summed E-state index contributed by atoms with van der Waals surface area (Å²) in [4.78, 5) is 0. The van der Waals surface area contributed by atoms with Crippen molar-refractivity contribution in [3.05, 3.63) is 0 Å². The van der Waals surface area contributed by atoms with Crippen LogP contribution in [0.4, 0.5) is 13.2 Å². The fourth-order valence-electron chi connectivity index (χ4n) is 0.823. The molecule has 0 aliphatic rings. The standard InChI is InChI=1S/C7H14F3N/c8-7(9,10)5-3-1-2-4-6-11/h1-6,11H2. The van der Waals surface area contributed by atoms with Crippen LogP contribution in [0.2, 0.25) is 0 Å². The molecule has 0 unspecified atom stereocenters. The van der Waals surface area contributed by atoms with Crippen molar-refractivity contribution in [1.29, 1.82) is 0 Å². The molecule has 0 aromatic heterocycles. The molecule has 4 heteroatoms. The first kappa shape index (κ1) is 10.8. The molecule has 0 saturated carbocycles. The lowest BCUT2D eigenvalue weighted by Crippen LogP contribution is -2.06. The molecule has 0 aliphatic carbocycles. The van der Waals surface area contributed by atoms with Crippen LogP contribution in [0.1, 0.15) is 32.1 Å². The van der Waals surface area contributed by atoms with Gasteiger partial charge in [0.25, 0.3) is 0 Å². The molecule has 0 heterocycles. The Labute approximate surface area is 64.8 Å². The second-order valence-corrected chi connectivity index (χ2v) is 2.57. The maximum Gasteiger partial charge on any atom is 0.389 e. The van der Waals surface area contributed by atoms with Gasteiger partial charge in [-0.1, -0.05) is 12.8 Å². The first-order valence-electron chi connectivity index (χ1n) is 3.83. The Morgan fingerprint density at radius 1 is 0.909 bits per heavy atom. The fourth-order valence-corrected chi connectivity index (χ4v) is 0.823. The molecule has 0 amide bonds. The maximum absolute atomic E-state index is 11.5. The van der Waals surface area contributed by atoms with Crippen LogP contribution >= 0.6 is 0 Å². The van der Waals surface area contributed by atoms with Crippen molar-refractivity contribution in [1.82, 2.24) is 0 Å².